The lowest BCUT2D eigenvalue weighted by atomic mass is 9.99. The van der Waals surface area contributed by atoms with E-state index in [2.05, 4.69) is 55.0 Å². The molecule has 2 heteroatoms. The minimum atomic E-state index is 0.743. The van der Waals surface area contributed by atoms with Gasteiger partial charge >= 0.3 is 0 Å². The molecule has 1 aromatic carbocycles. The van der Waals surface area contributed by atoms with Crippen molar-refractivity contribution in [1.29, 1.82) is 0 Å². The lowest BCUT2D eigenvalue weighted by Gasteiger charge is -2.31. The first-order valence-corrected chi connectivity index (χ1v) is 9.10. The predicted octanol–water partition coefficient (Wildman–Crippen LogP) is 4.76. The SMILES string of the molecule is C=CC1=C(SC)CCN(CC(C)CCc2ccccc2)C1. The molecule has 0 saturated carbocycles. The summed E-state index contributed by atoms with van der Waals surface area (Å²) in [4.78, 5) is 4.12. The summed E-state index contributed by atoms with van der Waals surface area (Å²) in [5, 5.41) is 0. The van der Waals surface area contributed by atoms with E-state index in [1.54, 1.807) is 0 Å². The molecule has 0 radical (unpaired) electrons. The molecule has 1 nitrogen and oxygen atoms in total. The number of benzene rings is 1. The van der Waals surface area contributed by atoms with Crippen LogP contribution >= 0.6 is 11.8 Å². The van der Waals surface area contributed by atoms with Crippen LogP contribution < -0.4 is 0 Å². The van der Waals surface area contributed by atoms with Crippen LogP contribution in [-0.4, -0.2) is 30.8 Å². The molecule has 0 aliphatic carbocycles. The Morgan fingerprint density at radius 1 is 1.33 bits per heavy atom. The number of hydrogen-bond acceptors (Lipinski definition) is 2. The fourth-order valence-electron chi connectivity index (χ4n) is 2.99. The molecule has 21 heavy (non-hydrogen) atoms. The van der Waals surface area contributed by atoms with Crippen molar-refractivity contribution in [2.45, 2.75) is 26.2 Å². The largest absolute Gasteiger partial charge is 0.298 e. The number of aryl methyl sites for hydroxylation is 1. The van der Waals surface area contributed by atoms with Gasteiger partial charge in [-0.25, -0.2) is 0 Å². The van der Waals surface area contributed by atoms with Gasteiger partial charge in [-0.2, -0.15) is 0 Å². The minimum absolute atomic E-state index is 0.743. The molecule has 114 valence electrons. The first-order valence-electron chi connectivity index (χ1n) is 7.87. The van der Waals surface area contributed by atoms with Crippen molar-refractivity contribution in [2.75, 3.05) is 25.9 Å². The molecule has 1 aliphatic rings. The van der Waals surface area contributed by atoms with Gasteiger partial charge in [0.2, 0.25) is 0 Å². The quantitative estimate of drug-likeness (QED) is 0.714. The molecule has 0 aromatic heterocycles. The fraction of sp³-hybridized carbons (Fsp3) is 0.474. The summed E-state index contributed by atoms with van der Waals surface area (Å²) < 4.78 is 0. The van der Waals surface area contributed by atoms with E-state index in [1.807, 2.05) is 17.8 Å². The van der Waals surface area contributed by atoms with Gasteiger partial charge in [-0.05, 0) is 47.5 Å². The fourth-order valence-corrected chi connectivity index (χ4v) is 3.69. The molecular weight excluding hydrogens is 274 g/mol. The van der Waals surface area contributed by atoms with Gasteiger partial charge in [-0.3, -0.25) is 4.90 Å². The van der Waals surface area contributed by atoms with Gasteiger partial charge in [-0.15, -0.1) is 11.8 Å². The van der Waals surface area contributed by atoms with Crippen molar-refractivity contribution in [3.63, 3.8) is 0 Å². The van der Waals surface area contributed by atoms with Crippen LogP contribution in [0.5, 0.6) is 0 Å². The van der Waals surface area contributed by atoms with E-state index in [9.17, 15) is 0 Å². The third-order valence-corrected chi connectivity index (χ3v) is 5.20. The van der Waals surface area contributed by atoms with Crippen molar-refractivity contribution >= 4 is 11.8 Å². The second-order valence-electron chi connectivity index (χ2n) is 5.97. The Bertz CT molecular complexity index is 478. The first kappa shape index (κ1) is 16.4. The molecule has 0 bridgehead atoms. The molecule has 1 aromatic rings. The van der Waals surface area contributed by atoms with E-state index in [0.29, 0.717) is 0 Å². The van der Waals surface area contributed by atoms with Crippen LogP contribution in [0.4, 0.5) is 0 Å². The molecule has 1 unspecified atom stereocenters. The number of nitrogens with zero attached hydrogens (tertiary/aromatic N) is 1. The van der Waals surface area contributed by atoms with Crippen molar-refractivity contribution < 1.29 is 0 Å². The highest BCUT2D eigenvalue weighted by Gasteiger charge is 2.18. The average Bonchev–Trinajstić information content (AvgIpc) is 2.53. The van der Waals surface area contributed by atoms with Crippen molar-refractivity contribution in [3.8, 4) is 0 Å². The van der Waals surface area contributed by atoms with Gasteiger partial charge in [0.25, 0.3) is 0 Å². The van der Waals surface area contributed by atoms with Crippen LogP contribution in [-0.2, 0) is 6.42 Å². The first-order chi connectivity index (χ1) is 10.2. The van der Waals surface area contributed by atoms with Gasteiger partial charge in [0.15, 0.2) is 0 Å². The second kappa shape index (κ2) is 8.45. The zero-order valence-electron chi connectivity index (χ0n) is 13.3. The maximum atomic E-state index is 3.97. The highest BCUT2D eigenvalue weighted by Crippen LogP contribution is 2.27. The van der Waals surface area contributed by atoms with E-state index in [1.165, 1.54) is 48.4 Å². The maximum absolute atomic E-state index is 3.97. The molecule has 0 saturated heterocycles. The van der Waals surface area contributed by atoms with Crippen LogP contribution in [0.15, 0.2) is 53.5 Å². The molecule has 1 aliphatic heterocycles. The Labute approximate surface area is 134 Å². The van der Waals surface area contributed by atoms with E-state index in [-0.39, 0.29) is 0 Å². The Morgan fingerprint density at radius 3 is 2.76 bits per heavy atom. The lowest BCUT2D eigenvalue weighted by Crippen LogP contribution is -2.34. The molecule has 0 N–H and O–H groups in total. The van der Waals surface area contributed by atoms with E-state index in [0.717, 1.165) is 12.5 Å². The molecule has 0 amide bonds. The predicted molar refractivity (Wildman–Crippen MR) is 95.7 cm³/mol. The Morgan fingerprint density at radius 2 is 2.10 bits per heavy atom. The Kier molecular flexibility index (Phi) is 6.59. The van der Waals surface area contributed by atoms with Gasteiger partial charge in [-0.1, -0.05) is 49.9 Å². The average molecular weight is 301 g/mol. The minimum Gasteiger partial charge on any atom is -0.298 e. The monoisotopic (exact) mass is 301 g/mol. The normalized spacial score (nSPS) is 17.8. The number of rotatable bonds is 7. The summed E-state index contributed by atoms with van der Waals surface area (Å²) in [6.45, 7) is 9.83. The highest BCUT2D eigenvalue weighted by atomic mass is 32.2. The molecule has 1 atom stereocenters. The summed E-state index contributed by atoms with van der Waals surface area (Å²) >= 11 is 1.89. The number of hydrogen-bond donors (Lipinski definition) is 0. The Hall–Kier alpha value is -0.990. The summed E-state index contributed by atoms with van der Waals surface area (Å²) in [5.74, 6) is 0.743. The summed E-state index contributed by atoms with van der Waals surface area (Å²) in [5.41, 5.74) is 2.89. The summed E-state index contributed by atoms with van der Waals surface area (Å²) in [7, 11) is 0. The van der Waals surface area contributed by atoms with E-state index >= 15 is 0 Å². The maximum Gasteiger partial charge on any atom is 0.0241 e. The van der Waals surface area contributed by atoms with Crippen molar-refractivity contribution in [3.05, 3.63) is 59.0 Å². The molecular formula is C19H27NS. The third-order valence-electron chi connectivity index (χ3n) is 4.24. The molecule has 2 rings (SSSR count). The zero-order valence-corrected chi connectivity index (χ0v) is 14.2. The van der Waals surface area contributed by atoms with Crippen LogP contribution in [0.2, 0.25) is 0 Å². The van der Waals surface area contributed by atoms with Crippen LogP contribution in [0.3, 0.4) is 0 Å². The van der Waals surface area contributed by atoms with Gasteiger partial charge in [0.05, 0.1) is 0 Å². The van der Waals surface area contributed by atoms with Crippen molar-refractivity contribution in [1.82, 2.24) is 4.90 Å². The van der Waals surface area contributed by atoms with Gasteiger partial charge in [0.1, 0.15) is 0 Å². The molecule has 1 heterocycles. The van der Waals surface area contributed by atoms with Gasteiger partial charge < -0.3 is 0 Å². The third kappa shape index (κ3) is 5.05. The van der Waals surface area contributed by atoms with E-state index < -0.39 is 0 Å². The number of thioether (sulfide) groups is 1. The molecule has 0 spiro atoms. The van der Waals surface area contributed by atoms with Crippen LogP contribution in [0.25, 0.3) is 0 Å². The zero-order chi connectivity index (χ0) is 15.1. The smallest absolute Gasteiger partial charge is 0.0241 e. The Balaban J connectivity index is 1.80. The van der Waals surface area contributed by atoms with E-state index in [4.69, 9.17) is 0 Å². The second-order valence-corrected chi connectivity index (χ2v) is 6.87. The van der Waals surface area contributed by atoms with Crippen LogP contribution in [0, 0.1) is 5.92 Å². The highest BCUT2D eigenvalue weighted by molar-refractivity contribution is 8.02. The topological polar surface area (TPSA) is 3.24 Å². The van der Waals surface area contributed by atoms with Gasteiger partial charge in [0, 0.05) is 19.6 Å². The van der Waals surface area contributed by atoms with Crippen molar-refractivity contribution in [2.24, 2.45) is 5.92 Å². The summed E-state index contributed by atoms with van der Waals surface area (Å²) in [6.07, 6.45) is 7.87. The van der Waals surface area contributed by atoms with Crippen LogP contribution in [0.1, 0.15) is 25.3 Å². The molecule has 0 fully saturated rings. The lowest BCUT2D eigenvalue weighted by molar-refractivity contribution is 0.246. The summed E-state index contributed by atoms with van der Waals surface area (Å²) in [6, 6.07) is 10.8. The standard InChI is InChI=1S/C19H27NS/c1-4-18-15-20(13-12-19(18)21-3)14-16(2)10-11-17-8-6-5-7-9-17/h4-9,16H,1,10-15H2,2-3H3.